The molecule has 0 radical (unpaired) electrons. The van der Waals surface area contributed by atoms with Gasteiger partial charge in [-0.25, -0.2) is 4.68 Å². The normalized spacial score (nSPS) is 9.87. The molecule has 0 aliphatic carbocycles. The summed E-state index contributed by atoms with van der Waals surface area (Å²) in [4.78, 5) is 0. The molecule has 15 heavy (non-hydrogen) atoms. The largest absolute Gasteiger partial charge is 0.326 e. The van der Waals surface area contributed by atoms with Crippen molar-refractivity contribution in [2.24, 2.45) is 5.73 Å². The van der Waals surface area contributed by atoms with Crippen LogP contribution in [-0.2, 0) is 6.54 Å². The first kappa shape index (κ1) is 9.44. The van der Waals surface area contributed by atoms with Gasteiger partial charge in [-0.2, -0.15) is 10.4 Å². The summed E-state index contributed by atoms with van der Waals surface area (Å²) < 4.78 is 1.67. The van der Waals surface area contributed by atoms with Crippen LogP contribution in [-0.4, -0.2) is 9.78 Å². The van der Waals surface area contributed by atoms with Crippen LogP contribution in [0.3, 0.4) is 0 Å². The lowest BCUT2D eigenvalue weighted by Gasteiger charge is -2.02. The van der Waals surface area contributed by atoms with Gasteiger partial charge in [-0.3, -0.25) is 0 Å². The van der Waals surface area contributed by atoms with Crippen LogP contribution in [0.5, 0.6) is 0 Å². The predicted octanol–water partition coefficient (Wildman–Crippen LogP) is 1.20. The lowest BCUT2D eigenvalue weighted by atomic mass is 10.2. The van der Waals surface area contributed by atoms with Gasteiger partial charge >= 0.3 is 0 Å². The topological polar surface area (TPSA) is 67.6 Å². The summed E-state index contributed by atoms with van der Waals surface area (Å²) in [6, 6.07) is 9.45. The van der Waals surface area contributed by atoms with Gasteiger partial charge in [0, 0.05) is 18.3 Å². The van der Waals surface area contributed by atoms with Gasteiger partial charge in [-0.15, -0.1) is 0 Å². The van der Waals surface area contributed by atoms with Crippen LogP contribution >= 0.6 is 0 Å². The Labute approximate surface area is 87.6 Å². The van der Waals surface area contributed by atoms with Crippen molar-refractivity contribution >= 4 is 0 Å². The molecule has 0 saturated carbocycles. The first-order chi connectivity index (χ1) is 7.35. The van der Waals surface area contributed by atoms with Gasteiger partial charge in [-0.1, -0.05) is 12.1 Å². The third kappa shape index (κ3) is 1.73. The molecule has 1 aromatic heterocycles. The molecular formula is C11H10N4. The number of rotatable bonds is 2. The van der Waals surface area contributed by atoms with Gasteiger partial charge in [0.25, 0.3) is 0 Å². The Hall–Kier alpha value is -2.12. The quantitative estimate of drug-likeness (QED) is 0.788. The summed E-state index contributed by atoms with van der Waals surface area (Å²) in [5.41, 5.74) is 7.82. The standard InChI is InChI=1S/C11H10N4/c12-5-9-7-14-15(8-9)11-4-2-1-3-10(11)6-13/h1-4,7-8H,5,12H2. The molecule has 4 nitrogen and oxygen atoms in total. The molecule has 74 valence electrons. The van der Waals surface area contributed by atoms with E-state index >= 15 is 0 Å². The lowest BCUT2D eigenvalue weighted by molar-refractivity contribution is 0.876. The average molecular weight is 198 g/mol. The summed E-state index contributed by atoms with van der Waals surface area (Å²) in [7, 11) is 0. The fraction of sp³-hybridized carbons (Fsp3) is 0.0909. The van der Waals surface area contributed by atoms with Crippen LogP contribution in [0.25, 0.3) is 5.69 Å². The predicted molar refractivity (Wildman–Crippen MR) is 56.2 cm³/mol. The van der Waals surface area contributed by atoms with Crippen molar-refractivity contribution in [3.05, 3.63) is 47.8 Å². The number of para-hydroxylation sites is 1. The summed E-state index contributed by atoms with van der Waals surface area (Å²) >= 11 is 0. The van der Waals surface area contributed by atoms with Crippen molar-refractivity contribution in [2.45, 2.75) is 6.54 Å². The molecule has 2 rings (SSSR count). The zero-order valence-corrected chi connectivity index (χ0v) is 8.09. The molecule has 4 heteroatoms. The highest BCUT2D eigenvalue weighted by molar-refractivity contribution is 5.48. The Balaban J connectivity index is 2.49. The summed E-state index contributed by atoms with van der Waals surface area (Å²) in [6.45, 7) is 0.453. The van der Waals surface area contributed by atoms with Gasteiger partial charge in [-0.05, 0) is 12.1 Å². The molecular weight excluding hydrogens is 188 g/mol. The molecule has 1 aromatic carbocycles. The first-order valence-corrected chi connectivity index (χ1v) is 4.58. The molecule has 0 atom stereocenters. The van der Waals surface area contributed by atoms with Gasteiger partial charge in [0.05, 0.1) is 17.4 Å². The zero-order chi connectivity index (χ0) is 10.7. The van der Waals surface area contributed by atoms with Gasteiger partial charge in [0.15, 0.2) is 0 Å². The van der Waals surface area contributed by atoms with Crippen molar-refractivity contribution in [3.63, 3.8) is 0 Å². The molecule has 0 bridgehead atoms. The van der Waals surface area contributed by atoms with Crippen LogP contribution in [0.15, 0.2) is 36.7 Å². The highest BCUT2D eigenvalue weighted by Crippen LogP contribution is 2.12. The second-order valence-electron chi connectivity index (χ2n) is 3.13. The number of nitriles is 1. The molecule has 0 aliphatic heterocycles. The van der Waals surface area contributed by atoms with E-state index in [4.69, 9.17) is 11.0 Å². The number of nitrogens with two attached hydrogens (primary N) is 1. The van der Waals surface area contributed by atoms with E-state index in [0.29, 0.717) is 12.1 Å². The van der Waals surface area contributed by atoms with Crippen LogP contribution in [0, 0.1) is 11.3 Å². The zero-order valence-electron chi connectivity index (χ0n) is 8.09. The van der Waals surface area contributed by atoms with E-state index in [0.717, 1.165) is 11.3 Å². The minimum Gasteiger partial charge on any atom is -0.326 e. The molecule has 2 aromatic rings. The Morgan fingerprint density at radius 2 is 2.20 bits per heavy atom. The molecule has 0 amide bonds. The van der Waals surface area contributed by atoms with E-state index in [9.17, 15) is 0 Å². The fourth-order valence-electron chi connectivity index (χ4n) is 1.37. The number of aromatic nitrogens is 2. The number of benzene rings is 1. The molecule has 0 unspecified atom stereocenters. The molecule has 2 N–H and O–H groups in total. The second-order valence-corrected chi connectivity index (χ2v) is 3.13. The maximum absolute atomic E-state index is 8.93. The van der Waals surface area contributed by atoms with Crippen LogP contribution in [0.1, 0.15) is 11.1 Å². The van der Waals surface area contributed by atoms with E-state index in [1.165, 1.54) is 0 Å². The maximum Gasteiger partial charge on any atom is 0.101 e. The minimum absolute atomic E-state index is 0.453. The minimum atomic E-state index is 0.453. The Morgan fingerprint density at radius 3 is 2.87 bits per heavy atom. The monoisotopic (exact) mass is 198 g/mol. The molecule has 0 saturated heterocycles. The van der Waals surface area contributed by atoms with Crippen molar-refractivity contribution in [3.8, 4) is 11.8 Å². The van der Waals surface area contributed by atoms with Gasteiger partial charge in [0.1, 0.15) is 6.07 Å². The van der Waals surface area contributed by atoms with Crippen LogP contribution in [0.4, 0.5) is 0 Å². The van der Waals surface area contributed by atoms with Crippen molar-refractivity contribution in [2.75, 3.05) is 0 Å². The van der Waals surface area contributed by atoms with E-state index in [1.54, 1.807) is 16.9 Å². The van der Waals surface area contributed by atoms with Crippen LogP contribution in [0.2, 0.25) is 0 Å². The highest BCUT2D eigenvalue weighted by Gasteiger charge is 2.04. The average Bonchev–Trinajstić information content (AvgIpc) is 2.77. The summed E-state index contributed by atoms with van der Waals surface area (Å²) in [5, 5.41) is 13.1. The molecule has 0 aliphatic rings. The number of nitrogens with zero attached hydrogens (tertiary/aromatic N) is 3. The highest BCUT2D eigenvalue weighted by atomic mass is 15.3. The maximum atomic E-state index is 8.93. The van der Waals surface area contributed by atoms with Gasteiger partial charge in [0.2, 0.25) is 0 Å². The Kier molecular flexibility index (Phi) is 2.48. The van der Waals surface area contributed by atoms with Crippen molar-refractivity contribution in [1.82, 2.24) is 9.78 Å². The van der Waals surface area contributed by atoms with Crippen molar-refractivity contribution in [1.29, 1.82) is 5.26 Å². The number of hydrogen-bond acceptors (Lipinski definition) is 3. The second kappa shape index (κ2) is 3.95. The first-order valence-electron chi connectivity index (χ1n) is 4.58. The SMILES string of the molecule is N#Cc1ccccc1-n1cc(CN)cn1. The lowest BCUT2D eigenvalue weighted by Crippen LogP contribution is -1.98. The fourth-order valence-corrected chi connectivity index (χ4v) is 1.37. The Morgan fingerprint density at radius 1 is 1.40 bits per heavy atom. The van der Waals surface area contributed by atoms with Crippen molar-refractivity contribution < 1.29 is 0 Å². The third-order valence-corrected chi connectivity index (χ3v) is 2.14. The van der Waals surface area contributed by atoms with E-state index in [2.05, 4.69) is 11.2 Å². The smallest absolute Gasteiger partial charge is 0.101 e. The van der Waals surface area contributed by atoms with Gasteiger partial charge < -0.3 is 5.73 Å². The van der Waals surface area contributed by atoms with E-state index in [-0.39, 0.29) is 0 Å². The number of hydrogen-bond donors (Lipinski definition) is 1. The summed E-state index contributed by atoms with van der Waals surface area (Å²) in [6.07, 6.45) is 3.53. The molecule has 0 fully saturated rings. The van der Waals surface area contributed by atoms with E-state index < -0.39 is 0 Å². The van der Waals surface area contributed by atoms with E-state index in [1.807, 2.05) is 24.4 Å². The van der Waals surface area contributed by atoms with Crippen LogP contribution < -0.4 is 5.73 Å². The Bertz CT molecular complexity index is 507. The summed E-state index contributed by atoms with van der Waals surface area (Å²) in [5.74, 6) is 0. The molecule has 0 spiro atoms. The third-order valence-electron chi connectivity index (χ3n) is 2.14. The molecule has 1 heterocycles.